The van der Waals surface area contributed by atoms with Crippen LogP contribution in [0.2, 0.25) is 5.02 Å². The standard InChI is InChI=1S/C21H17ClF3NO3S/c1-13-3-7-16(8-4-13)30(28,29)19-10-5-14(11-17(19)22)18-9-6-15(12-26-18)20(2,27)21(23,24)25/h3-12,27H,1-2H3. The largest absolute Gasteiger partial charge is 0.421 e. The third-order valence-corrected chi connectivity index (χ3v) is 6.98. The third kappa shape index (κ3) is 4.08. The lowest BCUT2D eigenvalue weighted by Crippen LogP contribution is -2.39. The molecule has 1 atom stereocenters. The highest BCUT2D eigenvalue weighted by molar-refractivity contribution is 7.91. The Labute approximate surface area is 176 Å². The molecule has 3 rings (SSSR count). The summed E-state index contributed by atoms with van der Waals surface area (Å²) in [4.78, 5) is 3.97. The Balaban J connectivity index is 1.95. The monoisotopic (exact) mass is 455 g/mol. The fourth-order valence-corrected chi connectivity index (χ4v) is 4.54. The molecule has 30 heavy (non-hydrogen) atoms. The number of aromatic nitrogens is 1. The van der Waals surface area contributed by atoms with Crippen molar-refractivity contribution >= 4 is 21.4 Å². The van der Waals surface area contributed by atoms with Gasteiger partial charge in [-0.3, -0.25) is 4.98 Å². The zero-order chi connectivity index (χ0) is 22.3. The van der Waals surface area contributed by atoms with Gasteiger partial charge in [-0.05, 0) is 44.2 Å². The van der Waals surface area contributed by atoms with E-state index in [0.29, 0.717) is 12.5 Å². The summed E-state index contributed by atoms with van der Waals surface area (Å²) in [6.45, 7) is 2.48. The van der Waals surface area contributed by atoms with Gasteiger partial charge in [-0.25, -0.2) is 8.42 Å². The number of benzene rings is 2. The van der Waals surface area contributed by atoms with Crippen LogP contribution in [0.4, 0.5) is 13.2 Å². The van der Waals surface area contributed by atoms with Crippen LogP contribution in [0.3, 0.4) is 0 Å². The molecule has 0 fully saturated rings. The van der Waals surface area contributed by atoms with E-state index in [1.807, 2.05) is 6.92 Å². The molecule has 0 radical (unpaired) electrons. The normalized spacial score (nSPS) is 14.4. The van der Waals surface area contributed by atoms with Gasteiger partial charge in [0.05, 0.1) is 20.5 Å². The minimum Gasteiger partial charge on any atom is -0.376 e. The highest BCUT2D eigenvalue weighted by Crippen LogP contribution is 2.38. The summed E-state index contributed by atoms with van der Waals surface area (Å²) in [6, 6.07) is 12.9. The number of halogens is 4. The minimum atomic E-state index is -4.86. The van der Waals surface area contributed by atoms with Crippen molar-refractivity contribution in [1.29, 1.82) is 0 Å². The topological polar surface area (TPSA) is 67.3 Å². The fraction of sp³-hybridized carbons (Fsp3) is 0.190. The Bertz CT molecular complexity index is 1170. The average Bonchev–Trinajstić information content (AvgIpc) is 2.67. The maximum Gasteiger partial charge on any atom is 0.421 e. The number of sulfone groups is 1. The van der Waals surface area contributed by atoms with Crippen molar-refractivity contribution in [3.8, 4) is 11.3 Å². The number of aryl methyl sites for hydroxylation is 1. The first kappa shape index (κ1) is 22.3. The van der Waals surface area contributed by atoms with Gasteiger partial charge in [-0.1, -0.05) is 41.4 Å². The first-order valence-electron chi connectivity index (χ1n) is 8.71. The molecule has 0 aliphatic carbocycles. The van der Waals surface area contributed by atoms with Gasteiger partial charge in [0.2, 0.25) is 9.84 Å². The first-order valence-corrected chi connectivity index (χ1v) is 10.6. The summed E-state index contributed by atoms with van der Waals surface area (Å²) < 4.78 is 64.5. The second kappa shape index (κ2) is 7.68. The molecule has 0 bridgehead atoms. The van der Waals surface area contributed by atoms with E-state index in [9.17, 15) is 26.7 Å². The number of pyridine rings is 1. The van der Waals surface area contributed by atoms with Crippen LogP contribution in [0, 0.1) is 6.92 Å². The predicted octanol–water partition coefficient (Wildman–Crippen LogP) is 5.31. The summed E-state index contributed by atoms with van der Waals surface area (Å²) in [6.07, 6.45) is -3.93. The van der Waals surface area contributed by atoms with Crippen LogP contribution < -0.4 is 0 Å². The zero-order valence-electron chi connectivity index (χ0n) is 15.9. The third-order valence-electron chi connectivity index (χ3n) is 4.73. The van der Waals surface area contributed by atoms with Gasteiger partial charge < -0.3 is 5.11 Å². The second-order valence-corrected chi connectivity index (χ2v) is 9.29. The summed E-state index contributed by atoms with van der Waals surface area (Å²) in [7, 11) is -3.84. The average molecular weight is 456 g/mol. The van der Waals surface area contributed by atoms with Crippen LogP contribution in [0.5, 0.6) is 0 Å². The van der Waals surface area contributed by atoms with Gasteiger partial charge in [-0.15, -0.1) is 0 Å². The molecule has 4 nitrogen and oxygen atoms in total. The molecule has 3 aromatic rings. The molecular formula is C21H17ClF3NO3S. The highest BCUT2D eigenvalue weighted by atomic mass is 35.5. The molecule has 158 valence electrons. The molecule has 1 N–H and O–H groups in total. The highest BCUT2D eigenvalue weighted by Gasteiger charge is 2.51. The first-order chi connectivity index (χ1) is 13.8. The molecule has 1 aromatic heterocycles. The van der Waals surface area contributed by atoms with E-state index in [0.717, 1.165) is 17.8 Å². The van der Waals surface area contributed by atoms with Gasteiger partial charge in [0, 0.05) is 17.3 Å². The maximum absolute atomic E-state index is 13.0. The van der Waals surface area contributed by atoms with Gasteiger partial charge in [0.15, 0.2) is 5.60 Å². The smallest absolute Gasteiger partial charge is 0.376 e. The van der Waals surface area contributed by atoms with Crippen LogP contribution in [0.15, 0.2) is 70.6 Å². The van der Waals surface area contributed by atoms with E-state index in [-0.39, 0.29) is 20.5 Å². The van der Waals surface area contributed by atoms with Crippen LogP contribution in [-0.2, 0) is 15.4 Å². The maximum atomic E-state index is 13.0. The lowest BCUT2D eigenvalue weighted by molar-refractivity contribution is -0.259. The number of nitrogens with zero attached hydrogens (tertiary/aromatic N) is 1. The van der Waals surface area contributed by atoms with Crippen LogP contribution >= 0.6 is 11.6 Å². The van der Waals surface area contributed by atoms with Gasteiger partial charge >= 0.3 is 6.18 Å². The Kier molecular flexibility index (Phi) is 5.70. The van der Waals surface area contributed by atoms with Crippen LogP contribution in [0.25, 0.3) is 11.3 Å². The number of aliphatic hydroxyl groups is 1. The molecule has 0 saturated carbocycles. The number of rotatable bonds is 4. The van der Waals surface area contributed by atoms with Crippen molar-refractivity contribution in [1.82, 2.24) is 4.98 Å². The summed E-state index contributed by atoms with van der Waals surface area (Å²) >= 11 is 6.21. The number of alkyl halides is 3. The molecule has 0 saturated heterocycles. The molecular weight excluding hydrogens is 439 g/mol. The van der Waals surface area contributed by atoms with E-state index in [1.165, 1.54) is 36.4 Å². The second-order valence-electron chi connectivity index (χ2n) is 6.96. The molecule has 2 aromatic carbocycles. The van der Waals surface area contributed by atoms with Gasteiger partial charge in [0.1, 0.15) is 0 Å². The van der Waals surface area contributed by atoms with Gasteiger partial charge in [0.25, 0.3) is 0 Å². The van der Waals surface area contributed by atoms with Crippen molar-refractivity contribution in [3.63, 3.8) is 0 Å². The summed E-state index contributed by atoms with van der Waals surface area (Å²) in [5.74, 6) is 0. The van der Waals surface area contributed by atoms with Crippen molar-refractivity contribution in [2.45, 2.75) is 35.4 Å². The fourth-order valence-electron chi connectivity index (χ4n) is 2.74. The number of hydrogen-bond donors (Lipinski definition) is 1. The van der Waals surface area contributed by atoms with Crippen molar-refractivity contribution in [2.75, 3.05) is 0 Å². The molecule has 1 unspecified atom stereocenters. The quantitative estimate of drug-likeness (QED) is 0.578. The molecule has 1 heterocycles. The Morgan fingerprint density at radius 3 is 2.13 bits per heavy atom. The van der Waals surface area contributed by atoms with Crippen molar-refractivity contribution in [2.24, 2.45) is 0 Å². The summed E-state index contributed by atoms with van der Waals surface area (Å²) in [5, 5.41) is 9.69. The summed E-state index contributed by atoms with van der Waals surface area (Å²) in [5.41, 5.74) is -1.85. The van der Waals surface area contributed by atoms with E-state index >= 15 is 0 Å². The Morgan fingerprint density at radius 2 is 1.63 bits per heavy atom. The van der Waals surface area contributed by atoms with Crippen molar-refractivity contribution < 1.29 is 26.7 Å². The number of hydrogen-bond acceptors (Lipinski definition) is 4. The van der Waals surface area contributed by atoms with E-state index in [1.54, 1.807) is 12.1 Å². The van der Waals surface area contributed by atoms with Crippen LogP contribution in [-0.4, -0.2) is 24.7 Å². The van der Waals surface area contributed by atoms with Crippen molar-refractivity contribution in [3.05, 3.63) is 76.9 Å². The van der Waals surface area contributed by atoms with Gasteiger partial charge in [-0.2, -0.15) is 13.2 Å². The Morgan fingerprint density at radius 1 is 1.00 bits per heavy atom. The lowest BCUT2D eigenvalue weighted by atomic mass is 9.96. The SMILES string of the molecule is Cc1ccc(S(=O)(=O)c2ccc(-c3ccc(C(C)(O)C(F)(F)F)cn3)cc2Cl)cc1. The van der Waals surface area contributed by atoms with E-state index in [4.69, 9.17) is 11.6 Å². The molecule has 0 amide bonds. The minimum absolute atomic E-state index is 0.0405. The molecule has 0 aliphatic rings. The molecule has 0 spiro atoms. The molecule has 0 aliphatic heterocycles. The molecule has 9 heteroatoms. The predicted molar refractivity (Wildman–Crippen MR) is 107 cm³/mol. The van der Waals surface area contributed by atoms with E-state index < -0.39 is 27.2 Å². The van der Waals surface area contributed by atoms with E-state index in [2.05, 4.69) is 4.98 Å². The lowest BCUT2D eigenvalue weighted by Gasteiger charge is -2.26. The van der Waals surface area contributed by atoms with Crippen LogP contribution in [0.1, 0.15) is 18.1 Å². The Hall–Kier alpha value is -2.42. The zero-order valence-corrected chi connectivity index (χ0v) is 17.5.